The van der Waals surface area contributed by atoms with Crippen LogP contribution in [0, 0.1) is 18.3 Å². The first-order chi connectivity index (χ1) is 17.3. The molecule has 1 aromatic carbocycles. The Bertz CT molecular complexity index is 1300. The SMILES string of the molecule is CCNc1nc(-c2cc(NC(=O)c3cnnc(C(C)(C)C#N)c3)ccc2C)cc(N2CCOCC2)n1. The summed E-state index contributed by atoms with van der Waals surface area (Å²) in [5.41, 5.74) is 3.21. The van der Waals surface area contributed by atoms with E-state index in [-0.39, 0.29) is 5.91 Å². The second-order valence-electron chi connectivity index (χ2n) is 9.11. The van der Waals surface area contributed by atoms with E-state index in [1.807, 2.05) is 38.1 Å². The van der Waals surface area contributed by atoms with Gasteiger partial charge in [0.15, 0.2) is 0 Å². The number of nitrogens with one attached hydrogen (secondary N) is 2. The van der Waals surface area contributed by atoms with E-state index in [9.17, 15) is 10.1 Å². The third kappa shape index (κ3) is 5.58. The first-order valence-corrected chi connectivity index (χ1v) is 11.9. The van der Waals surface area contributed by atoms with E-state index in [1.54, 1.807) is 19.9 Å². The van der Waals surface area contributed by atoms with E-state index >= 15 is 0 Å². The summed E-state index contributed by atoms with van der Waals surface area (Å²) >= 11 is 0. The van der Waals surface area contributed by atoms with Crippen LogP contribution in [0.2, 0.25) is 0 Å². The molecular weight excluding hydrogens is 456 g/mol. The molecule has 0 bridgehead atoms. The number of amides is 1. The van der Waals surface area contributed by atoms with E-state index < -0.39 is 5.41 Å². The van der Waals surface area contributed by atoms with Crippen molar-refractivity contribution in [3.05, 3.63) is 53.3 Å². The lowest BCUT2D eigenvalue weighted by Crippen LogP contribution is -2.37. The molecule has 1 saturated heterocycles. The van der Waals surface area contributed by atoms with Crippen molar-refractivity contribution in [2.75, 3.05) is 48.4 Å². The summed E-state index contributed by atoms with van der Waals surface area (Å²) < 4.78 is 5.49. The van der Waals surface area contributed by atoms with Crippen LogP contribution < -0.4 is 15.5 Å². The van der Waals surface area contributed by atoms with E-state index in [0.29, 0.717) is 42.7 Å². The van der Waals surface area contributed by atoms with Crippen molar-refractivity contribution in [1.82, 2.24) is 20.2 Å². The quantitative estimate of drug-likeness (QED) is 0.515. The molecule has 3 heterocycles. The highest BCUT2D eigenvalue weighted by Crippen LogP contribution is 2.29. The summed E-state index contributed by atoms with van der Waals surface area (Å²) in [6.45, 7) is 11.0. The molecule has 2 aromatic heterocycles. The van der Waals surface area contributed by atoms with Crippen molar-refractivity contribution < 1.29 is 9.53 Å². The molecule has 1 amide bonds. The maximum atomic E-state index is 13.0. The third-order valence-corrected chi connectivity index (χ3v) is 5.99. The van der Waals surface area contributed by atoms with Crippen molar-refractivity contribution in [2.24, 2.45) is 0 Å². The predicted octanol–water partition coefficient (Wildman–Crippen LogP) is 3.56. The van der Waals surface area contributed by atoms with Crippen LogP contribution in [0.3, 0.4) is 0 Å². The van der Waals surface area contributed by atoms with Crippen LogP contribution in [0.5, 0.6) is 0 Å². The third-order valence-electron chi connectivity index (χ3n) is 5.99. The van der Waals surface area contributed by atoms with Gasteiger partial charge >= 0.3 is 0 Å². The van der Waals surface area contributed by atoms with Gasteiger partial charge in [-0.05, 0) is 51.5 Å². The summed E-state index contributed by atoms with van der Waals surface area (Å²) in [6, 6.07) is 11.5. The topological polar surface area (TPSA) is 129 Å². The monoisotopic (exact) mass is 486 g/mol. The molecule has 0 radical (unpaired) electrons. The molecule has 186 valence electrons. The zero-order chi connectivity index (χ0) is 25.7. The average Bonchev–Trinajstić information content (AvgIpc) is 2.90. The molecular formula is C26H30N8O2. The van der Waals surface area contributed by atoms with E-state index in [4.69, 9.17) is 14.7 Å². The fraction of sp³-hybridized carbons (Fsp3) is 0.385. The number of anilines is 3. The Morgan fingerprint density at radius 2 is 1.97 bits per heavy atom. The number of carbonyl (C=O) groups is 1. The second kappa shape index (κ2) is 10.7. The zero-order valence-corrected chi connectivity index (χ0v) is 21.0. The summed E-state index contributed by atoms with van der Waals surface area (Å²) in [5.74, 6) is 1.06. The van der Waals surface area contributed by atoms with Crippen LogP contribution in [0.25, 0.3) is 11.3 Å². The van der Waals surface area contributed by atoms with E-state index in [2.05, 4.69) is 31.8 Å². The van der Waals surface area contributed by atoms with Gasteiger partial charge in [0.1, 0.15) is 5.82 Å². The average molecular weight is 487 g/mol. The first-order valence-electron chi connectivity index (χ1n) is 11.9. The Morgan fingerprint density at radius 1 is 1.19 bits per heavy atom. The Hall–Kier alpha value is -4.10. The molecule has 3 aromatic rings. The number of carbonyl (C=O) groups excluding carboxylic acids is 1. The number of nitrogens with zero attached hydrogens (tertiary/aromatic N) is 6. The van der Waals surface area contributed by atoms with Crippen LogP contribution in [0.15, 0.2) is 36.5 Å². The molecule has 0 atom stereocenters. The van der Waals surface area contributed by atoms with E-state index in [0.717, 1.165) is 35.7 Å². The maximum Gasteiger partial charge on any atom is 0.257 e. The van der Waals surface area contributed by atoms with Crippen molar-refractivity contribution in [2.45, 2.75) is 33.1 Å². The predicted molar refractivity (Wildman–Crippen MR) is 138 cm³/mol. The van der Waals surface area contributed by atoms with Crippen LogP contribution in [0.4, 0.5) is 17.5 Å². The lowest BCUT2D eigenvalue weighted by molar-refractivity contribution is 0.102. The van der Waals surface area contributed by atoms with Gasteiger partial charge < -0.3 is 20.3 Å². The number of ether oxygens (including phenoxy) is 1. The molecule has 10 heteroatoms. The molecule has 0 unspecified atom stereocenters. The van der Waals surface area contributed by atoms with Gasteiger partial charge in [-0.3, -0.25) is 4.79 Å². The Kier molecular flexibility index (Phi) is 7.41. The minimum atomic E-state index is -0.851. The molecule has 2 N–H and O–H groups in total. The van der Waals surface area contributed by atoms with Crippen molar-refractivity contribution in [3.8, 4) is 17.3 Å². The van der Waals surface area contributed by atoms with Gasteiger partial charge in [0.25, 0.3) is 5.91 Å². The van der Waals surface area contributed by atoms with Crippen molar-refractivity contribution in [1.29, 1.82) is 5.26 Å². The molecule has 0 saturated carbocycles. The fourth-order valence-electron chi connectivity index (χ4n) is 3.80. The molecule has 1 aliphatic rings. The number of aryl methyl sites for hydroxylation is 1. The summed E-state index contributed by atoms with van der Waals surface area (Å²) in [7, 11) is 0. The largest absolute Gasteiger partial charge is 0.378 e. The fourth-order valence-corrected chi connectivity index (χ4v) is 3.80. The standard InChI is InChI=1S/C26H30N8O2/c1-5-28-25-31-21(14-23(32-25)34-8-10-36-11-9-34)20-13-19(7-6-17(20)2)30-24(35)18-12-22(33-29-15-18)26(3,4)16-27/h6-7,12-15H,5,8-11H2,1-4H3,(H,30,35)(H,28,31,32). The van der Waals surface area contributed by atoms with Gasteiger partial charge in [0.2, 0.25) is 5.95 Å². The zero-order valence-electron chi connectivity index (χ0n) is 21.0. The van der Waals surface area contributed by atoms with Crippen LogP contribution in [0.1, 0.15) is 42.4 Å². The lowest BCUT2D eigenvalue weighted by Gasteiger charge is -2.28. The van der Waals surface area contributed by atoms with Gasteiger partial charge in [0, 0.05) is 37.0 Å². The number of aromatic nitrogens is 4. The van der Waals surface area contributed by atoms with Crippen LogP contribution in [-0.2, 0) is 10.2 Å². The Morgan fingerprint density at radius 3 is 2.69 bits per heavy atom. The summed E-state index contributed by atoms with van der Waals surface area (Å²) in [4.78, 5) is 24.6. The van der Waals surface area contributed by atoms with Gasteiger partial charge in [-0.2, -0.15) is 20.4 Å². The van der Waals surface area contributed by atoms with Crippen molar-refractivity contribution in [3.63, 3.8) is 0 Å². The normalized spacial score (nSPS) is 13.7. The molecule has 0 aliphatic carbocycles. The number of benzene rings is 1. The van der Waals surface area contributed by atoms with E-state index in [1.165, 1.54) is 6.20 Å². The second-order valence-corrected chi connectivity index (χ2v) is 9.11. The minimum absolute atomic E-state index is 0.330. The molecule has 10 nitrogen and oxygen atoms in total. The molecule has 36 heavy (non-hydrogen) atoms. The number of morpholine rings is 1. The lowest BCUT2D eigenvalue weighted by atomic mass is 9.90. The Labute approximate surface area is 210 Å². The van der Waals surface area contributed by atoms with Gasteiger partial charge in [-0.1, -0.05) is 6.07 Å². The maximum absolute atomic E-state index is 13.0. The van der Waals surface area contributed by atoms with Crippen LogP contribution >= 0.6 is 0 Å². The first kappa shape index (κ1) is 25.0. The number of nitriles is 1. The highest BCUT2D eigenvalue weighted by molar-refractivity contribution is 6.04. The number of hydrogen-bond acceptors (Lipinski definition) is 9. The number of hydrogen-bond donors (Lipinski definition) is 2. The Balaban J connectivity index is 1.64. The highest BCUT2D eigenvalue weighted by atomic mass is 16.5. The van der Waals surface area contributed by atoms with Crippen molar-refractivity contribution >= 4 is 23.4 Å². The molecule has 1 aliphatic heterocycles. The van der Waals surface area contributed by atoms with Gasteiger partial charge in [-0.15, -0.1) is 0 Å². The molecule has 4 rings (SSSR count). The highest BCUT2D eigenvalue weighted by Gasteiger charge is 2.24. The van der Waals surface area contributed by atoms with Gasteiger partial charge in [0.05, 0.1) is 47.8 Å². The van der Waals surface area contributed by atoms with Crippen LogP contribution in [-0.4, -0.2) is 58.9 Å². The number of rotatable bonds is 7. The summed E-state index contributed by atoms with van der Waals surface area (Å²) in [6.07, 6.45) is 1.39. The summed E-state index contributed by atoms with van der Waals surface area (Å²) in [5, 5.41) is 23.5. The van der Waals surface area contributed by atoms with Gasteiger partial charge in [-0.25, -0.2) is 4.98 Å². The molecule has 1 fully saturated rings. The molecule has 0 spiro atoms. The smallest absolute Gasteiger partial charge is 0.257 e. The minimum Gasteiger partial charge on any atom is -0.378 e.